The molecule has 1 saturated heterocycles. The van der Waals surface area contributed by atoms with Gasteiger partial charge in [0.1, 0.15) is 4.21 Å². The van der Waals surface area contributed by atoms with Crippen LogP contribution in [0.5, 0.6) is 0 Å². The van der Waals surface area contributed by atoms with E-state index in [0.29, 0.717) is 21.5 Å². The molecule has 0 radical (unpaired) electrons. The number of halogens is 1. The van der Waals surface area contributed by atoms with Gasteiger partial charge in [0.25, 0.3) is 10.0 Å². The normalized spacial score (nSPS) is 22.9. The molecule has 1 aromatic rings. The Kier molecular flexibility index (Phi) is 5.13. The van der Waals surface area contributed by atoms with Crippen molar-refractivity contribution in [2.45, 2.75) is 55.9 Å². The number of aryl methyl sites for hydroxylation is 1. The quantitative estimate of drug-likeness (QED) is 0.918. The molecular weight excluding hydrogens is 318 g/mol. The molecule has 4 nitrogen and oxygen atoms in total. The fraction of sp³-hybridized carbons (Fsp3) is 0.692. The van der Waals surface area contributed by atoms with E-state index in [1.807, 2.05) is 0 Å². The summed E-state index contributed by atoms with van der Waals surface area (Å²) in [5.41, 5.74) is 0.791. The predicted molar refractivity (Wildman–Crippen MR) is 81.9 cm³/mol. The molecule has 114 valence electrons. The van der Waals surface area contributed by atoms with E-state index >= 15 is 0 Å². The minimum absolute atomic E-state index is 0.116. The predicted octanol–water partition coefficient (Wildman–Crippen LogP) is 3.02. The minimum Gasteiger partial charge on any atom is -0.393 e. The first-order valence-electron chi connectivity index (χ1n) is 6.78. The van der Waals surface area contributed by atoms with Gasteiger partial charge in [0.2, 0.25) is 0 Å². The van der Waals surface area contributed by atoms with Crippen molar-refractivity contribution in [3.8, 4) is 0 Å². The molecule has 2 heterocycles. The molecule has 0 saturated carbocycles. The second-order valence-electron chi connectivity index (χ2n) is 5.37. The van der Waals surface area contributed by atoms with Gasteiger partial charge in [0, 0.05) is 12.6 Å². The van der Waals surface area contributed by atoms with Gasteiger partial charge in [-0.3, -0.25) is 0 Å². The summed E-state index contributed by atoms with van der Waals surface area (Å²) in [7, 11) is -3.50. The molecule has 0 spiro atoms. The van der Waals surface area contributed by atoms with Crippen LogP contribution in [-0.4, -0.2) is 36.5 Å². The van der Waals surface area contributed by atoms with Crippen molar-refractivity contribution >= 4 is 33.0 Å². The van der Waals surface area contributed by atoms with Crippen molar-refractivity contribution in [2.75, 3.05) is 6.54 Å². The lowest BCUT2D eigenvalue weighted by atomic mass is 10.00. The highest BCUT2D eigenvalue weighted by Gasteiger charge is 2.35. The summed E-state index contributed by atoms with van der Waals surface area (Å²) in [6, 6.07) is 1.52. The summed E-state index contributed by atoms with van der Waals surface area (Å²) >= 11 is 7.10. The topological polar surface area (TPSA) is 57.6 Å². The largest absolute Gasteiger partial charge is 0.393 e. The van der Waals surface area contributed by atoms with Crippen molar-refractivity contribution in [3.63, 3.8) is 0 Å². The fourth-order valence-corrected chi connectivity index (χ4v) is 6.14. The highest BCUT2D eigenvalue weighted by Crippen LogP contribution is 2.35. The van der Waals surface area contributed by atoms with Crippen LogP contribution in [0.4, 0.5) is 0 Å². The smallest absolute Gasteiger partial charge is 0.252 e. The molecule has 20 heavy (non-hydrogen) atoms. The molecule has 1 aliphatic heterocycles. The Labute approximate surface area is 129 Å². The number of thiophene rings is 1. The van der Waals surface area contributed by atoms with Crippen LogP contribution in [0.15, 0.2) is 10.3 Å². The van der Waals surface area contributed by atoms with Gasteiger partial charge in [-0.25, -0.2) is 8.42 Å². The van der Waals surface area contributed by atoms with Gasteiger partial charge in [-0.15, -0.1) is 11.3 Å². The van der Waals surface area contributed by atoms with Crippen LogP contribution >= 0.6 is 22.9 Å². The van der Waals surface area contributed by atoms with E-state index in [0.717, 1.165) is 36.2 Å². The van der Waals surface area contributed by atoms with Gasteiger partial charge in [0.15, 0.2) is 0 Å². The Morgan fingerprint density at radius 1 is 1.55 bits per heavy atom. The molecule has 0 bridgehead atoms. The number of aliphatic hydroxyl groups is 1. The standard InChI is InChI=1S/C13H20ClNO3S2/c1-9-7-12(19-13(9)14)20(17,18)15-6-4-3-5-11(15)8-10(2)16/h7,10-11,16H,3-6,8H2,1-2H3. The molecular formula is C13H20ClNO3S2. The average Bonchev–Trinajstić information content (AvgIpc) is 2.70. The van der Waals surface area contributed by atoms with Crippen LogP contribution in [0.25, 0.3) is 0 Å². The number of sulfonamides is 1. The lowest BCUT2D eigenvalue weighted by Crippen LogP contribution is -2.44. The van der Waals surface area contributed by atoms with Gasteiger partial charge in [-0.2, -0.15) is 4.31 Å². The third-order valence-electron chi connectivity index (χ3n) is 3.58. The number of rotatable bonds is 4. The van der Waals surface area contributed by atoms with Crippen LogP contribution < -0.4 is 0 Å². The van der Waals surface area contributed by atoms with Crippen LogP contribution in [0.3, 0.4) is 0 Å². The van der Waals surface area contributed by atoms with Crippen molar-refractivity contribution in [1.29, 1.82) is 0 Å². The van der Waals surface area contributed by atoms with Gasteiger partial charge < -0.3 is 5.11 Å². The number of hydrogen-bond acceptors (Lipinski definition) is 4. The van der Waals surface area contributed by atoms with Crippen molar-refractivity contribution in [1.82, 2.24) is 4.31 Å². The molecule has 1 fully saturated rings. The van der Waals surface area contributed by atoms with E-state index in [1.165, 1.54) is 0 Å². The maximum Gasteiger partial charge on any atom is 0.252 e. The van der Waals surface area contributed by atoms with E-state index in [1.54, 1.807) is 24.2 Å². The zero-order valence-electron chi connectivity index (χ0n) is 11.7. The summed E-state index contributed by atoms with van der Waals surface area (Å²) in [5.74, 6) is 0. The van der Waals surface area contributed by atoms with Crippen molar-refractivity contribution in [3.05, 3.63) is 16.0 Å². The van der Waals surface area contributed by atoms with Crippen LogP contribution in [0.1, 0.15) is 38.2 Å². The molecule has 1 aliphatic rings. The summed E-state index contributed by atoms with van der Waals surface area (Å²) in [4.78, 5) is 0. The fourth-order valence-electron chi connectivity index (χ4n) is 2.59. The SMILES string of the molecule is Cc1cc(S(=O)(=O)N2CCCCC2CC(C)O)sc1Cl. The average molecular weight is 338 g/mol. The third kappa shape index (κ3) is 3.36. The van der Waals surface area contributed by atoms with E-state index in [9.17, 15) is 13.5 Å². The van der Waals surface area contributed by atoms with Crippen LogP contribution in [-0.2, 0) is 10.0 Å². The van der Waals surface area contributed by atoms with E-state index in [-0.39, 0.29) is 6.04 Å². The molecule has 0 aliphatic carbocycles. The lowest BCUT2D eigenvalue weighted by Gasteiger charge is -2.35. The first-order chi connectivity index (χ1) is 9.32. The summed E-state index contributed by atoms with van der Waals surface area (Å²) in [6.45, 7) is 4.03. The van der Waals surface area contributed by atoms with Crippen LogP contribution in [0, 0.1) is 6.92 Å². The molecule has 2 atom stereocenters. The third-order valence-corrected chi connectivity index (χ3v) is 7.54. The Hall–Kier alpha value is -0.140. The molecule has 2 unspecified atom stereocenters. The van der Waals surface area contributed by atoms with Crippen LogP contribution in [0.2, 0.25) is 4.34 Å². The Morgan fingerprint density at radius 2 is 2.25 bits per heavy atom. The van der Waals surface area contributed by atoms with Gasteiger partial charge in [-0.1, -0.05) is 18.0 Å². The van der Waals surface area contributed by atoms with E-state index < -0.39 is 16.1 Å². The van der Waals surface area contributed by atoms with Gasteiger partial charge >= 0.3 is 0 Å². The first-order valence-corrected chi connectivity index (χ1v) is 9.41. The van der Waals surface area contributed by atoms with E-state index in [2.05, 4.69) is 0 Å². The number of hydrogen-bond donors (Lipinski definition) is 1. The van der Waals surface area contributed by atoms with Crippen molar-refractivity contribution in [2.24, 2.45) is 0 Å². The second-order valence-corrected chi connectivity index (χ2v) is 9.14. The zero-order chi connectivity index (χ0) is 14.9. The Balaban J connectivity index is 2.30. The molecule has 0 amide bonds. The summed E-state index contributed by atoms with van der Waals surface area (Å²) < 4.78 is 27.9. The van der Waals surface area contributed by atoms with Gasteiger partial charge in [-0.05, 0) is 44.7 Å². The monoisotopic (exact) mass is 337 g/mol. The molecule has 0 aromatic carbocycles. The maximum absolute atomic E-state index is 12.7. The lowest BCUT2D eigenvalue weighted by molar-refractivity contribution is 0.132. The number of nitrogens with zero attached hydrogens (tertiary/aromatic N) is 1. The molecule has 1 aromatic heterocycles. The highest BCUT2D eigenvalue weighted by atomic mass is 35.5. The van der Waals surface area contributed by atoms with E-state index in [4.69, 9.17) is 11.6 Å². The molecule has 1 N–H and O–H groups in total. The highest BCUT2D eigenvalue weighted by molar-refractivity contribution is 7.91. The Morgan fingerprint density at radius 3 is 2.80 bits per heavy atom. The van der Waals surface area contributed by atoms with Gasteiger partial charge in [0.05, 0.1) is 10.4 Å². The summed E-state index contributed by atoms with van der Waals surface area (Å²) in [6.07, 6.45) is 2.67. The molecule has 7 heteroatoms. The van der Waals surface area contributed by atoms with Crippen molar-refractivity contribution < 1.29 is 13.5 Å². The minimum atomic E-state index is -3.50. The summed E-state index contributed by atoms with van der Waals surface area (Å²) in [5, 5.41) is 9.57. The zero-order valence-corrected chi connectivity index (χ0v) is 14.1. The molecule has 2 rings (SSSR count). The number of piperidine rings is 1. The second kappa shape index (κ2) is 6.32. The first kappa shape index (κ1) is 16.2. The Bertz CT molecular complexity index is 549. The maximum atomic E-state index is 12.7. The number of aliphatic hydroxyl groups excluding tert-OH is 1.